The van der Waals surface area contributed by atoms with Crippen LogP contribution in [0.4, 0.5) is 0 Å². The van der Waals surface area contributed by atoms with E-state index >= 15 is 0 Å². The van der Waals surface area contributed by atoms with Gasteiger partial charge in [-0.05, 0) is 31.0 Å². The fourth-order valence-corrected chi connectivity index (χ4v) is 3.01. The normalized spacial score (nSPS) is 20.4. The molecule has 1 amide bonds. The van der Waals surface area contributed by atoms with Crippen molar-refractivity contribution in [2.75, 3.05) is 0 Å². The topological polar surface area (TPSA) is 95.1 Å². The second-order valence-corrected chi connectivity index (χ2v) is 6.07. The molecule has 0 radical (unpaired) electrons. The Morgan fingerprint density at radius 1 is 1.26 bits per heavy atom. The summed E-state index contributed by atoms with van der Waals surface area (Å²) < 4.78 is 0. The predicted molar refractivity (Wildman–Crippen MR) is 85.3 cm³/mol. The minimum atomic E-state index is -0.862. The van der Waals surface area contributed by atoms with Gasteiger partial charge in [0.2, 0.25) is 0 Å². The summed E-state index contributed by atoms with van der Waals surface area (Å²) in [6, 6.07) is 8.45. The highest BCUT2D eigenvalue weighted by Gasteiger charge is 2.34. The lowest BCUT2D eigenvalue weighted by molar-refractivity contribution is -0.142. The van der Waals surface area contributed by atoms with E-state index in [-0.39, 0.29) is 11.9 Å². The van der Waals surface area contributed by atoms with Gasteiger partial charge < -0.3 is 10.4 Å². The molecule has 1 aliphatic carbocycles. The van der Waals surface area contributed by atoms with Crippen LogP contribution in [-0.4, -0.2) is 33.2 Å². The minimum Gasteiger partial charge on any atom is -0.481 e. The molecule has 120 valence electrons. The number of carboxylic acids is 1. The standard InChI is InChI=1S/C16H16ClN3O3/c17-10-6-4-9(5-7-10)13-8-14(20-19-13)15(21)18-12-3-1-2-11(12)16(22)23/h4-8,11-12H,1-3H2,(H,18,21)(H,19,20)(H,22,23)/t11-,12+/m1/s1. The van der Waals surface area contributed by atoms with Crippen LogP contribution in [0, 0.1) is 5.92 Å². The van der Waals surface area contributed by atoms with Crippen molar-refractivity contribution in [1.29, 1.82) is 0 Å². The van der Waals surface area contributed by atoms with Crippen molar-refractivity contribution >= 4 is 23.5 Å². The second-order valence-electron chi connectivity index (χ2n) is 5.63. The molecule has 3 rings (SSSR count). The molecule has 1 saturated carbocycles. The van der Waals surface area contributed by atoms with Gasteiger partial charge in [0, 0.05) is 16.6 Å². The van der Waals surface area contributed by atoms with Gasteiger partial charge in [-0.15, -0.1) is 0 Å². The Morgan fingerprint density at radius 2 is 2.00 bits per heavy atom. The summed E-state index contributed by atoms with van der Waals surface area (Å²) in [7, 11) is 0. The fourth-order valence-electron chi connectivity index (χ4n) is 2.88. The number of nitrogens with one attached hydrogen (secondary N) is 2. The first kappa shape index (κ1) is 15.6. The van der Waals surface area contributed by atoms with Crippen molar-refractivity contribution in [2.45, 2.75) is 25.3 Å². The summed E-state index contributed by atoms with van der Waals surface area (Å²) in [6.45, 7) is 0. The molecule has 1 aliphatic rings. The molecule has 0 spiro atoms. The molecule has 0 aliphatic heterocycles. The second kappa shape index (κ2) is 6.42. The molecule has 0 unspecified atom stereocenters. The highest BCUT2D eigenvalue weighted by molar-refractivity contribution is 6.30. The quantitative estimate of drug-likeness (QED) is 0.801. The maximum Gasteiger partial charge on any atom is 0.308 e. The molecule has 1 aromatic heterocycles. The summed E-state index contributed by atoms with van der Waals surface area (Å²) in [5.74, 6) is -1.72. The molecule has 2 aromatic rings. The molecule has 0 bridgehead atoms. The Balaban J connectivity index is 1.71. The number of H-pyrrole nitrogens is 1. The third kappa shape index (κ3) is 3.37. The molecule has 3 N–H and O–H groups in total. The lowest BCUT2D eigenvalue weighted by Gasteiger charge is -2.16. The van der Waals surface area contributed by atoms with Crippen LogP contribution < -0.4 is 5.32 Å². The summed E-state index contributed by atoms with van der Waals surface area (Å²) in [4.78, 5) is 23.4. The first-order valence-corrected chi connectivity index (χ1v) is 7.77. The van der Waals surface area contributed by atoms with Crippen LogP contribution in [0.25, 0.3) is 11.3 Å². The van der Waals surface area contributed by atoms with Gasteiger partial charge in [0.05, 0.1) is 11.6 Å². The summed E-state index contributed by atoms with van der Waals surface area (Å²) in [5.41, 5.74) is 1.79. The Morgan fingerprint density at radius 3 is 2.70 bits per heavy atom. The number of hydrogen-bond donors (Lipinski definition) is 3. The van der Waals surface area contributed by atoms with Gasteiger partial charge in [0.1, 0.15) is 5.69 Å². The number of aliphatic carboxylic acids is 1. The number of aromatic nitrogens is 2. The number of nitrogens with zero attached hydrogens (tertiary/aromatic N) is 1. The molecule has 2 atom stereocenters. The molecule has 23 heavy (non-hydrogen) atoms. The van der Waals surface area contributed by atoms with Gasteiger partial charge in [0.25, 0.3) is 5.91 Å². The molecular weight excluding hydrogens is 318 g/mol. The van der Waals surface area contributed by atoms with Gasteiger partial charge in [0.15, 0.2) is 0 Å². The maximum atomic E-state index is 12.3. The number of carbonyl (C=O) groups excluding carboxylic acids is 1. The predicted octanol–water partition coefficient (Wildman–Crippen LogP) is 2.71. The van der Waals surface area contributed by atoms with E-state index in [0.29, 0.717) is 29.3 Å². The van der Waals surface area contributed by atoms with Crippen LogP contribution in [0.15, 0.2) is 30.3 Å². The summed E-state index contributed by atoms with van der Waals surface area (Å²) in [6.07, 6.45) is 2.08. The zero-order chi connectivity index (χ0) is 16.4. The first-order valence-electron chi connectivity index (χ1n) is 7.39. The Labute approximate surface area is 137 Å². The van der Waals surface area contributed by atoms with Crippen LogP contribution in [0.2, 0.25) is 5.02 Å². The van der Waals surface area contributed by atoms with Crippen LogP contribution >= 0.6 is 11.6 Å². The highest BCUT2D eigenvalue weighted by Crippen LogP contribution is 2.26. The SMILES string of the molecule is O=C(N[C@H]1CCC[C@H]1C(=O)O)c1cc(-c2ccc(Cl)cc2)n[nH]1. The number of amides is 1. The number of halogens is 1. The molecule has 1 aromatic carbocycles. The third-order valence-electron chi connectivity index (χ3n) is 4.11. The van der Waals surface area contributed by atoms with Crippen LogP contribution in [0.1, 0.15) is 29.8 Å². The molecule has 7 heteroatoms. The molecule has 6 nitrogen and oxygen atoms in total. The van der Waals surface area contributed by atoms with E-state index in [9.17, 15) is 9.59 Å². The van der Waals surface area contributed by atoms with E-state index in [1.165, 1.54) is 0 Å². The van der Waals surface area contributed by atoms with Gasteiger partial charge in [-0.3, -0.25) is 14.7 Å². The van der Waals surface area contributed by atoms with Gasteiger partial charge in [-0.25, -0.2) is 0 Å². The summed E-state index contributed by atoms with van der Waals surface area (Å²) >= 11 is 5.85. The molecule has 0 saturated heterocycles. The molecular formula is C16H16ClN3O3. The third-order valence-corrected chi connectivity index (χ3v) is 4.36. The van der Waals surface area contributed by atoms with Crippen molar-refractivity contribution in [3.63, 3.8) is 0 Å². The zero-order valence-electron chi connectivity index (χ0n) is 12.3. The van der Waals surface area contributed by atoms with E-state index in [0.717, 1.165) is 12.0 Å². The number of carboxylic acid groups (broad SMARTS) is 1. The van der Waals surface area contributed by atoms with Crippen LogP contribution in [0.3, 0.4) is 0 Å². The van der Waals surface area contributed by atoms with Crippen molar-refractivity contribution in [1.82, 2.24) is 15.5 Å². The van der Waals surface area contributed by atoms with Gasteiger partial charge in [-0.2, -0.15) is 5.10 Å². The largest absolute Gasteiger partial charge is 0.481 e. The van der Waals surface area contributed by atoms with E-state index in [1.807, 2.05) is 12.1 Å². The first-order chi connectivity index (χ1) is 11.0. The van der Waals surface area contributed by atoms with Gasteiger partial charge >= 0.3 is 5.97 Å². The van der Waals surface area contributed by atoms with Crippen molar-refractivity contribution in [3.05, 3.63) is 41.0 Å². The van der Waals surface area contributed by atoms with Gasteiger partial charge in [-0.1, -0.05) is 30.2 Å². The monoisotopic (exact) mass is 333 g/mol. The lowest BCUT2D eigenvalue weighted by Crippen LogP contribution is -2.40. The van der Waals surface area contributed by atoms with Crippen molar-refractivity contribution < 1.29 is 14.7 Å². The molecule has 1 fully saturated rings. The fraction of sp³-hybridized carbons (Fsp3) is 0.312. The Hall–Kier alpha value is -2.34. The molecule has 1 heterocycles. The Bertz CT molecular complexity index is 726. The minimum absolute atomic E-state index is 0.311. The Kier molecular flexibility index (Phi) is 4.34. The maximum absolute atomic E-state index is 12.3. The number of aromatic amines is 1. The van der Waals surface area contributed by atoms with E-state index in [2.05, 4.69) is 15.5 Å². The number of carbonyl (C=O) groups is 2. The van der Waals surface area contributed by atoms with E-state index < -0.39 is 11.9 Å². The number of hydrogen-bond acceptors (Lipinski definition) is 3. The highest BCUT2D eigenvalue weighted by atomic mass is 35.5. The lowest BCUT2D eigenvalue weighted by atomic mass is 10.0. The smallest absolute Gasteiger partial charge is 0.308 e. The average Bonchev–Trinajstić information content (AvgIpc) is 3.16. The summed E-state index contributed by atoms with van der Waals surface area (Å²) in [5, 5.41) is 19.4. The van der Waals surface area contributed by atoms with E-state index in [1.54, 1.807) is 18.2 Å². The number of benzene rings is 1. The number of rotatable bonds is 4. The average molecular weight is 334 g/mol. The zero-order valence-corrected chi connectivity index (χ0v) is 13.0. The van der Waals surface area contributed by atoms with Crippen LogP contribution in [-0.2, 0) is 4.79 Å². The van der Waals surface area contributed by atoms with Crippen LogP contribution in [0.5, 0.6) is 0 Å². The van der Waals surface area contributed by atoms with Crippen molar-refractivity contribution in [2.24, 2.45) is 5.92 Å². The van der Waals surface area contributed by atoms with Crippen molar-refractivity contribution in [3.8, 4) is 11.3 Å². The van der Waals surface area contributed by atoms with E-state index in [4.69, 9.17) is 16.7 Å².